The maximum Gasteiger partial charge on any atom is 0.260 e. The monoisotopic (exact) mass is 252 g/mol. The van der Waals surface area contributed by atoms with E-state index in [0.29, 0.717) is 22.9 Å². The molecule has 0 radical (unpaired) electrons. The van der Waals surface area contributed by atoms with Crippen LogP contribution in [-0.4, -0.2) is 31.0 Å². The predicted octanol–water partition coefficient (Wildman–Crippen LogP) is 2.07. The molecule has 1 aromatic carbocycles. The van der Waals surface area contributed by atoms with Gasteiger partial charge in [-0.25, -0.2) is 0 Å². The Balaban J connectivity index is 2.62. The number of hydrogen-bond acceptors (Lipinski definition) is 3. The summed E-state index contributed by atoms with van der Waals surface area (Å²) in [5.74, 6) is 0.375. The summed E-state index contributed by atoms with van der Waals surface area (Å²) in [7, 11) is 1.71. The minimum absolute atomic E-state index is 0.0351. The SMILES string of the molecule is CCN(C)C(=O)COc1ccc(C#N)c(Cl)c1. The van der Waals surface area contributed by atoms with Crippen LogP contribution in [0, 0.1) is 11.3 Å². The fourth-order valence-corrected chi connectivity index (χ4v) is 1.32. The Morgan fingerprint density at radius 3 is 2.82 bits per heavy atom. The molecule has 1 rings (SSSR count). The number of carbonyl (C=O) groups is 1. The molecule has 4 nitrogen and oxygen atoms in total. The van der Waals surface area contributed by atoms with Gasteiger partial charge in [-0.2, -0.15) is 5.26 Å². The van der Waals surface area contributed by atoms with Crippen molar-refractivity contribution in [3.8, 4) is 11.8 Å². The number of rotatable bonds is 4. The lowest BCUT2D eigenvalue weighted by Gasteiger charge is -2.14. The van der Waals surface area contributed by atoms with Crippen molar-refractivity contribution in [1.29, 1.82) is 5.26 Å². The van der Waals surface area contributed by atoms with Gasteiger partial charge in [0.1, 0.15) is 11.8 Å². The third-order valence-electron chi connectivity index (χ3n) is 2.32. The first-order valence-corrected chi connectivity index (χ1v) is 5.52. The fourth-order valence-electron chi connectivity index (χ4n) is 1.11. The highest BCUT2D eigenvalue weighted by Crippen LogP contribution is 2.21. The summed E-state index contributed by atoms with van der Waals surface area (Å²) >= 11 is 5.84. The number of nitriles is 1. The van der Waals surface area contributed by atoms with Crippen LogP contribution in [-0.2, 0) is 4.79 Å². The van der Waals surface area contributed by atoms with Gasteiger partial charge in [0.25, 0.3) is 5.91 Å². The van der Waals surface area contributed by atoms with E-state index < -0.39 is 0 Å². The van der Waals surface area contributed by atoms with Gasteiger partial charge in [-0.1, -0.05) is 11.6 Å². The molecule has 1 aromatic rings. The van der Waals surface area contributed by atoms with Crippen molar-refractivity contribution in [2.24, 2.45) is 0 Å². The minimum atomic E-state index is -0.104. The highest BCUT2D eigenvalue weighted by Gasteiger charge is 2.08. The van der Waals surface area contributed by atoms with E-state index in [1.54, 1.807) is 24.1 Å². The average Bonchev–Trinajstić information content (AvgIpc) is 2.35. The first-order chi connectivity index (χ1) is 8.08. The van der Waals surface area contributed by atoms with E-state index in [-0.39, 0.29) is 12.5 Å². The Labute approximate surface area is 105 Å². The average molecular weight is 253 g/mol. The van der Waals surface area contributed by atoms with Crippen LogP contribution in [0.2, 0.25) is 5.02 Å². The molecule has 0 heterocycles. The van der Waals surface area contributed by atoms with Crippen LogP contribution in [0.4, 0.5) is 0 Å². The van der Waals surface area contributed by atoms with Crippen molar-refractivity contribution < 1.29 is 9.53 Å². The molecule has 0 unspecified atom stereocenters. The van der Waals surface area contributed by atoms with Gasteiger partial charge in [0, 0.05) is 19.7 Å². The number of halogens is 1. The lowest BCUT2D eigenvalue weighted by Crippen LogP contribution is -2.31. The fraction of sp³-hybridized carbons (Fsp3) is 0.333. The molecule has 0 aliphatic heterocycles. The number of likely N-dealkylation sites (N-methyl/N-ethyl adjacent to an activating group) is 1. The Morgan fingerprint density at radius 1 is 1.59 bits per heavy atom. The molecule has 0 atom stereocenters. The summed E-state index contributed by atoms with van der Waals surface area (Å²) in [5, 5.41) is 9.02. The van der Waals surface area contributed by atoms with Crippen molar-refractivity contribution in [3.63, 3.8) is 0 Å². The standard InChI is InChI=1S/C12H13ClN2O2/c1-3-15(2)12(16)8-17-10-5-4-9(7-14)11(13)6-10/h4-6H,3,8H2,1-2H3. The molecule has 0 spiro atoms. The van der Waals surface area contributed by atoms with E-state index in [0.717, 1.165) is 0 Å². The van der Waals surface area contributed by atoms with Crippen molar-refractivity contribution in [1.82, 2.24) is 4.90 Å². The van der Waals surface area contributed by atoms with Crippen molar-refractivity contribution in [2.75, 3.05) is 20.2 Å². The highest BCUT2D eigenvalue weighted by molar-refractivity contribution is 6.31. The van der Waals surface area contributed by atoms with E-state index >= 15 is 0 Å². The van der Waals surface area contributed by atoms with Gasteiger partial charge in [-0.15, -0.1) is 0 Å². The van der Waals surface area contributed by atoms with Crippen LogP contribution in [0.1, 0.15) is 12.5 Å². The predicted molar refractivity (Wildman–Crippen MR) is 65.0 cm³/mol. The van der Waals surface area contributed by atoms with Gasteiger partial charge < -0.3 is 9.64 Å². The second kappa shape index (κ2) is 6.12. The maximum atomic E-state index is 11.5. The van der Waals surface area contributed by atoms with Crippen molar-refractivity contribution in [3.05, 3.63) is 28.8 Å². The number of benzene rings is 1. The largest absolute Gasteiger partial charge is 0.484 e. The van der Waals surface area contributed by atoms with Gasteiger partial charge in [0.15, 0.2) is 6.61 Å². The van der Waals surface area contributed by atoms with Crippen LogP contribution in [0.3, 0.4) is 0 Å². The van der Waals surface area contributed by atoms with E-state index in [4.69, 9.17) is 21.6 Å². The Hall–Kier alpha value is -1.73. The van der Waals surface area contributed by atoms with Crippen LogP contribution >= 0.6 is 11.6 Å². The zero-order valence-corrected chi connectivity index (χ0v) is 10.5. The molecule has 0 bridgehead atoms. The van der Waals surface area contributed by atoms with Crippen molar-refractivity contribution in [2.45, 2.75) is 6.92 Å². The summed E-state index contributed by atoms with van der Waals surface area (Å²) in [6, 6.07) is 6.66. The topological polar surface area (TPSA) is 53.3 Å². The molecule has 5 heteroatoms. The van der Waals surface area contributed by atoms with Gasteiger partial charge in [-0.05, 0) is 19.1 Å². The van der Waals surface area contributed by atoms with Gasteiger partial charge in [0.05, 0.1) is 10.6 Å². The number of amides is 1. The molecular weight excluding hydrogens is 240 g/mol. The highest BCUT2D eigenvalue weighted by atomic mass is 35.5. The molecular formula is C12H13ClN2O2. The first-order valence-electron chi connectivity index (χ1n) is 5.15. The normalized spacial score (nSPS) is 9.53. The van der Waals surface area contributed by atoms with Crippen molar-refractivity contribution >= 4 is 17.5 Å². The summed E-state index contributed by atoms with van der Waals surface area (Å²) in [5.41, 5.74) is 0.385. The smallest absolute Gasteiger partial charge is 0.260 e. The number of carbonyl (C=O) groups excluding carboxylic acids is 1. The molecule has 1 amide bonds. The van der Waals surface area contributed by atoms with E-state index in [1.807, 2.05) is 13.0 Å². The second-order valence-corrected chi connectivity index (χ2v) is 3.86. The van der Waals surface area contributed by atoms with Crippen LogP contribution in [0.25, 0.3) is 0 Å². The Bertz CT molecular complexity index is 454. The molecule has 0 aliphatic carbocycles. The molecule has 0 N–H and O–H groups in total. The molecule has 17 heavy (non-hydrogen) atoms. The molecule has 0 aliphatic rings. The van der Waals surface area contributed by atoms with Crippen LogP contribution < -0.4 is 4.74 Å². The van der Waals surface area contributed by atoms with E-state index in [2.05, 4.69) is 0 Å². The lowest BCUT2D eigenvalue weighted by molar-refractivity contribution is -0.131. The first kappa shape index (κ1) is 13.3. The molecule has 0 aromatic heterocycles. The third kappa shape index (κ3) is 3.65. The quantitative estimate of drug-likeness (QED) is 0.824. The zero-order chi connectivity index (χ0) is 12.8. The molecule has 0 saturated heterocycles. The van der Waals surface area contributed by atoms with E-state index in [9.17, 15) is 4.79 Å². The number of nitrogens with zero attached hydrogens (tertiary/aromatic N) is 2. The van der Waals surface area contributed by atoms with Gasteiger partial charge in [0.2, 0.25) is 0 Å². The minimum Gasteiger partial charge on any atom is -0.484 e. The number of hydrogen-bond donors (Lipinski definition) is 0. The second-order valence-electron chi connectivity index (χ2n) is 3.45. The zero-order valence-electron chi connectivity index (χ0n) is 9.74. The van der Waals surface area contributed by atoms with Crippen LogP contribution in [0.15, 0.2) is 18.2 Å². The molecule has 0 saturated carbocycles. The lowest BCUT2D eigenvalue weighted by atomic mass is 10.2. The molecule has 0 fully saturated rings. The van der Waals surface area contributed by atoms with Gasteiger partial charge >= 0.3 is 0 Å². The van der Waals surface area contributed by atoms with Crippen LogP contribution in [0.5, 0.6) is 5.75 Å². The molecule has 90 valence electrons. The summed E-state index contributed by atoms with van der Waals surface area (Å²) < 4.78 is 5.29. The third-order valence-corrected chi connectivity index (χ3v) is 2.64. The Morgan fingerprint density at radius 2 is 2.29 bits per heavy atom. The summed E-state index contributed by atoms with van der Waals surface area (Å²) in [6.07, 6.45) is 0. The Kier molecular flexibility index (Phi) is 4.80. The summed E-state index contributed by atoms with van der Waals surface area (Å²) in [4.78, 5) is 13.0. The van der Waals surface area contributed by atoms with Gasteiger partial charge in [-0.3, -0.25) is 4.79 Å². The van der Waals surface area contributed by atoms with E-state index in [1.165, 1.54) is 6.07 Å². The number of ether oxygens (including phenoxy) is 1. The summed E-state index contributed by atoms with van der Waals surface area (Å²) in [6.45, 7) is 2.49. The maximum absolute atomic E-state index is 11.5.